The van der Waals surface area contributed by atoms with Crippen LogP contribution in [0.15, 0.2) is 109 Å². The summed E-state index contributed by atoms with van der Waals surface area (Å²) in [5.41, 5.74) is 0. The molecule has 0 heterocycles. The van der Waals surface area contributed by atoms with E-state index in [1.54, 1.807) is 0 Å². The molecule has 0 aromatic heterocycles. The Morgan fingerprint density at radius 3 is 1.12 bits per heavy atom. The predicted molar refractivity (Wildman–Crippen MR) is 283 cm³/mol. The van der Waals surface area contributed by atoms with Crippen LogP contribution in [0.1, 0.15) is 233 Å². The minimum Gasteiger partial charge on any atom is -0.462 e. The summed E-state index contributed by atoms with van der Waals surface area (Å²) in [6.45, 7) is 6.31. The smallest absolute Gasteiger partial charge is 0.306 e. The minimum atomic E-state index is -0.806. The number of allylic oxidation sites excluding steroid dienone is 18. The molecule has 0 saturated heterocycles. The lowest BCUT2D eigenvalue weighted by Gasteiger charge is -2.18. The molecule has 0 bridgehead atoms. The van der Waals surface area contributed by atoms with Gasteiger partial charge in [0.1, 0.15) is 13.2 Å². The van der Waals surface area contributed by atoms with Crippen LogP contribution in [0.2, 0.25) is 0 Å². The molecule has 0 radical (unpaired) electrons. The van der Waals surface area contributed by atoms with Gasteiger partial charge in [0.2, 0.25) is 0 Å². The van der Waals surface area contributed by atoms with Crippen LogP contribution in [0.5, 0.6) is 0 Å². The number of unbranched alkanes of at least 4 members (excludes halogenated alkanes) is 21. The molecule has 1 atom stereocenters. The first-order valence-corrected chi connectivity index (χ1v) is 26.9. The lowest BCUT2D eigenvalue weighted by atomic mass is 10.1. The Balaban J connectivity index is 4.45. The summed E-state index contributed by atoms with van der Waals surface area (Å²) in [4.78, 5) is 38.1. The fourth-order valence-electron chi connectivity index (χ4n) is 7.07. The summed E-state index contributed by atoms with van der Waals surface area (Å²) in [5.74, 6) is -0.961. The summed E-state index contributed by atoms with van der Waals surface area (Å²) in [6.07, 6.45) is 72.2. The molecule has 0 amide bonds. The highest BCUT2D eigenvalue weighted by Crippen LogP contribution is 2.14. The second-order valence-corrected chi connectivity index (χ2v) is 17.5. The summed E-state index contributed by atoms with van der Waals surface area (Å²) >= 11 is 0. The zero-order chi connectivity index (χ0) is 47.9. The van der Waals surface area contributed by atoms with Crippen LogP contribution in [0.3, 0.4) is 0 Å². The topological polar surface area (TPSA) is 78.9 Å². The zero-order valence-corrected chi connectivity index (χ0v) is 42.7. The quantitative estimate of drug-likeness (QED) is 0.0199. The van der Waals surface area contributed by atoms with Crippen LogP contribution in [0, 0.1) is 0 Å². The van der Waals surface area contributed by atoms with Gasteiger partial charge in [0, 0.05) is 19.3 Å². The SMILES string of the molecule is CC/C=C/C=C/C=C/CCCCCCCC(=O)OCC(COC(=O)CCCCCCCCCCCC/C=C/C=C/CCCCC)OC(=O)CCCCC/C=C/C/C=C/C/C=C/C/C=C/CC. The second-order valence-electron chi connectivity index (χ2n) is 17.5. The van der Waals surface area contributed by atoms with Gasteiger partial charge in [-0.2, -0.15) is 0 Å². The number of esters is 3. The van der Waals surface area contributed by atoms with Crippen molar-refractivity contribution < 1.29 is 28.6 Å². The lowest BCUT2D eigenvalue weighted by molar-refractivity contribution is -0.167. The molecule has 0 aliphatic carbocycles. The van der Waals surface area contributed by atoms with E-state index in [0.29, 0.717) is 12.8 Å². The molecule has 0 spiro atoms. The number of hydrogen-bond acceptors (Lipinski definition) is 6. The molecule has 6 heteroatoms. The number of hydrogen-bond donors (Lipinski definition) is 0. The second kappa shape index (κ2) is 53.7. The highest BCUT2D eigenvalue weighted by Gasteiger charge is 2.19. The predicted octanol–water partition coefficient (Wildman–Crippen LogP) is 17.9. The van der Waals surface area contributed by atoms with E-state index in [1.807, 2.05) is 0 Å². The van der Waals surface area contributed by atoms with Gasteiger partial charge in [-0.05, 0) is 103 Å². The van der Waals surface area contributed by atoms with E-state index in [1.165, 1.54) is 77.0 Å². The Hall–Kier alpha value is -3.93. The molecular formula is C60H98O6. The summed E-state index contributed by atoms with van der Waals surface area (Å²) in [6, 6.07) is 0. The third-order valence-corrected chi connectivity index (χ3v) is 11.1. The zero-order valence-electron chi connectivity index (χ0n) is 42.7. The summed E-state index contributed by atoms with van der Waals surface area (Å²) < 4.78 is 16.8. The Bertz CT molecular complexity index is 1370. The van der Waals surface area contributed by atoms with E-state index in [9.17, 15) is 14.4 Å². The average molecular weight is 915 g/mol. The Labute approximate surface area is 406 Å². The lowest BCUT2D eigenvalue weighted by Crippen LogP contribution is -2.30. The average Bonchev–Trinajstić information content (AvgIpc) is 3.31. The number of carbonyl (C=O) groups excluding carboxylic acids is 3. The van der Waals surface area contributed by atoms with Crippen molar-refractivity contribution in [1.29, 1.82) is 0 Å². The molecule has 0 aromatic carbocycles. The van der Waals surface area contributed by atoms with Gasteiger partial charge in [-0.15, -0.1) is 0 Å². The molecule has 0 aliphatic rings. The largest absolute Gasteiger partial charge is 0.462 e. The van der Waals surface area contributed by atoms with Crippen LogP contribution in [0.25, 0.3) is 0 Å². The first-order chi connectivity index (χ1) is 32.5. The van der Waals surface area contributed by atoms with Gasteiger partial charge >= 0.3 is 17.9 Å². The minimum absolute atomic E-state index is 0.101. The van der Waals surface area contributed by atoms with Gasteiger partial charge < -0.3 is 14.2 Å². The number of ether oxygens (including phenoxy) is 3. The van der Waals surface area contributed by atoms with Crippen LogP contribution in [-0.4, -0.2) is 37.2 Å². The summed E-state index contributed by atoms with van der Waals surface area (Å²) in [5, 5.41) is 0. The molecule has 374 valence electrons. The number of carbonyl (C=O) groups is 3. The maximum Gasteiger partial charge on any atom is 0.306 e. The van der Waals surface area contributed by atoms with E-state index < -0.39 is 6.10 Å². The normalized spacial score (nSPS) is 13.0. The molecule has 66 heavy (non-hydrogen) atoms. The Kier molecular flexibility index (Phi) is 50.5. The van der Waals surface area contributed by atoms with Crippen molar-refractivity contribution in [3.63, 3.8) is 0 Å². The fourth-order valence-corrected chi connectivity index (χ4v) is 7.07. The van der Waals surface area contributed by atoms with Crippen LogP contribution in [0.4, 0.5) is 0 Å². The van der Waals surface area contributed by atoms with Crippen molar-refractivity contribution in [2.45, 2.75) is 239 Å². The maximum atomic E-state index is 12.8. The molecule has 0 fully saturated rings. The maximum absolute atomic E-state index is 12.8. The number of rotatable bonds is 47. The Morgan fingerprint density at radius 2 is 0.667 bits per heavy atom. The molecule has 6 nitrogen and oxygen atoms in total. The molecule has 1 unspecified atom stereocenters. The molecule has 0 saturated carbocycles. The molecule has 0 N–H and O–H groups in total. The van der Waals surface area contributed by atoms with Crippen molar-refractivity contribution in [3.05, 3.63) is 109 Å². The van der Waals surface area contributed by atoms with Crippen LogP contribution < -0.4 is 0 Å². The van der Waals surface area contributed by atoms with Crippen molar-refractivity contribution >= 4 is 17.9 Å². The van der Waals surface area contributed by atoms with Gasteiger partial charge in [-0.1, -0.05) is 220 Å². The van der Waals surface area contributed by atoms with E-state index in [-0.39, 0.29) is 37.5 Å². The van der Waals surface area contributed by atoms with E-state index >= 15 is 0 Å². The van der Waals surface area contributed by atoms with Crippen molar-refractivity contribution in [2.75, 3.05) is 13.2 Å². The van der Waals surface area contributed by atoms with Crippen molar-refractivity contribution in [3.8, 4) is 0 Å². The van der Waals surface area contributed by atoms with E-state index in [0.717, 1.165) is 116 Å². The first kappa shape index (κ1) is 62.1. The highest BCUT2D eigenvalue weighted by atomic mass is 16.6. The monoisotopic (exact) mass is 915 g/mol. The van der Waals surface area contributed by atoms with Gasteiger partial charge in [0.15, 0.2) is 6.10 Å². The first-order valence-electron chi connectivity index (χ1n) is 26.9. The third-order valence-electron chi connectivity index (χ3n) is 11.1. The summed E-state index contributed by atoms with van der Waals surface area (Å²) in [7, 11) is 0. The van der Waals surface area contributed by atoms with Gasteiger partial charge in [-0.25, -0.2) is 0 Å². The van der Waals surface area contributed by atoms with Crippen LogP contribution in [-0.2, 0) is 28.6 Å². The third kappa shape index (κ3) is 51.1. The van der Waals surface area contributed by atoms with E-state index in [2.05, 4.69) is 130 Å². The fraction of sp³-hybridized carbons (Fsp3) is 0.650. The standard InChI is InChI=1S/C60H98O6/c1-4-7-10-13-16-19-22-25-27-29-30-31-33-35-38-41-44-47-50-53-59(62)65-56-57(55-64-58(61)52-49-46-43-40-37-34-24-21-18-15-12-9-6-3)66-60(63)54-51-48-45-42-39-36-32-28-26-23-20-17-14-11-8-5-2/h8-9,11-12,15-22,24-26,28,36,39,57H,4-7,10,13-14,23,27,29-35,37-38,40-56H2,1-3H3/b11-8+,12-9+,18-15+,19-16+,20-17+,24-21+,25-22+,28-26+,39-36+. The van der Waals surface area contributed by atoms with Gasteiger partial charge in [-0.3, -0.25) is 14.4 Å². The molecule has 0 aliphatic heterocycles. The Morgan fingerprint density at radius 1 is 0.333 bits per heavy atom. The van der Waals surface area contributed by atoms with Crippen LogP contribution >= 0.6 is 0 Å². The van der Waals surface area contributed by atoms with Crippen molar-refractivity contribution in [1.82, 2.24) is 0 Å². The van der Waals surface area contributed by atoms with Gasteiger partial charge in [0.25, 0.3) is 0 Å². The van der Waals surface area contributed by atoms with Crippen molar-refractivity contribution in [2.24, 2.45) is 0 Å². The van der Waals surface area contributed by atoms with E-state index in [4.69, 9.17) is 14.2 Å². The molecule has 0 aromatic rings. The van der Waals surface area contributed by atoms with Gasteiger partial charge in [0.05, 0.1) is 0 Å². The molecular weight excluding hydrogens is 817 g/mol. The highest BCUT2D eigenvalue weighted by molar-refractivity contribution is 5.71. The molecule has 0 rings (SSSR count).